The summed E-state index contributed by atoms with van der Waals surface area (Å²) in [5.41, 5.74) is 2.02. The van der Waals surface area contributed by atoms with Gasteiger partial charge in [-0.15, -0.1) is 0 Å². The molecule has 9 heteroatoms. The van der Waals surface area contributed by atoms with Gasteiger partial charge in [0.1, 0.15) is 11.5 Å². The van der Waals surface area contributed by atoms with Crippen LogP contribution in [-0.4, -0.2) is 42.1 Å². The van der Waals surface area contributed by atoms with Crippen LogP contribution in [0.3, 0.4) is 0 Å². The van der Waals surface area contributed by atoms with Crippen molar-refractivity contribution in [2.24, 2.45) is 0 Å². The molecule has 0 saturated heterocycles. The van der Waals surface area contributed by atoms with Crippen LogP contribution in [0, 0.1) is 20.8 Å². The van der Waals surface area contributed by atoms with Crippen molar-refractivity contribution in [3.8, 4) is 5.75 Å². The standard InChI is InChI=1S/C22H26N2O5.CH2O2/c1-13-4-7-19(8-14(13)2)28-12-21(26)23-16-5-6-17(10-16)24-22(27)20-11-18(25)9-15(3)29-20;2-1-3/h4,7-9,11,16-17H,5-6,10,12H2,1-3H3,(H,23,26)(H,24,27);1H,(H,2,3)/t16-,17+;/m1./s1. The molecule has 0 bridgehead atoms. The Labute approximate surface area is 185 Å². The quantitative estimate of drug-likeness (QED) is 0.581. The van der Waals surface area contributed by atoms with E-state index in [0.717, 1.165) is 18.4 Å². The molecule has 172 valence electrons. The van der Waals surface area contributed by atoms with Crippen molar-refractivity contribution in [2.75, 3.05) is 6.61 Å². The number of aryl methyl sites for hydroxylation is 3. The molecular formula is C23H28N2O7. The number of benzene rings is 1. The summed E-state index contributed by atoms with van der Waals surface area (Å²) in [5.74, 6) is 0.456. The molecule has 3 N–H and O–H groups in total. The first kappa shape index (κ1) is 24.6. The Morgan fingerprint density at radius 2 is 1.75 bits per heavy atom. The number of hydrogen-bond donors (Lipinski definition) is 3. The maximum absolute atomic E-state index is 12.3. The van der Waals surface area contributed by atoms with Crippen LogP contribution in [0.15, 0.2) is 39.5 Å². The molecular weight excluding hydrogens is 416 g/mol. The van der Waals surface area contributed by atoms with Gasteiger partial charge in [0.15, 0.2) is 17.8 Å². The number of carbonyl (C=O) groups is 3. The predicted molar refractivity (Wildman–Crippen MR) is 117 cm³/mol. The van der Waals surface area contributed by atoms with Crippen LogP contribution in [0.5, 0.6) is 5.75 Å². The van der Waals surface area contributed by atoms with E-state index >= 15 is 0 Å². The summed E-state index contributed by atoms with van der Waals surface area (Å²) in [5, 5.41) is 12.7. The van der Waals surface area contributed by atoms with Crippen molar-refractivity contribution in [1.29, 1.82) is 0 Å². The number of hydrogen-bond acceptors (Lipinski definition) is 6. The summed E-state index contributed by atoms with van der Waals surface area (Å²) >= 11 is 0. The third-order valence-electron chi connectivity index (χ3n) is 5.09. The largest absolute Gasteiger partial charge is 0.484 e. The molecule has 0 radical (unpaired) electrons. The number of nitrogens with one attached hydrogen (secondary N) is 2. The van der Waals surface area contributed by atoms with Gasteiger partial charge in [-0.2, -0.15) is 0 Å². The Morgan fingerprint density at radius 1 is 1.09 bits per heavy atom. The van der Waals surface area contributed by atoms with E-state index in [2.05, 4.69) is 10.6 Å². The number of rotatable bonds is 6. The topological polar surface area (TPSA) is 135 Å². The molecule has 1 aromatic heterocycles. The molecule has 0 unspecified atom stereocenters. The van der Waals surface area contributed by atoms with Gasteiger partial charge in [-0.25, -0.2) is 0 Å². The lowest BCUT2D eigenvalue weighted by Gasteiger charge is -2.15. The second-order valence-corrected chi connectivity index (χ2v) is 7.66. The second-order valence-electron chi connectivity index (χ2n) is 7.66. The highest BCUT2D eigenvalue weighted by Gasteiger charge is 2.28. The van der Waals surface area contributed by atoms with E-state index in [1.54, 1.807) is 6.92 Å². The number of carboxylic acid groups (broad SMARTS) is 1. The molecule has 1 saturated carbocycles. The summed E-state index contributed by atoms with van der Waals surface area (Å²) in [6.07, 6.45) is 2.13. The molecule has 2 aromatic rings. The Kier molecular flexibility index (Phi) is 9.00. The van der Waals surface area contributed by atoms with Crippen molar-refractivity contribution in [3.05, 3.63) is 63.2 Å². The van der Waals surface area contributed by atoms with E-state index in [0.29, 0.717) is 17.9 Å². The Balaban J connectivity index is 0.00000114. The summed E-state index contributed by atoms with van der Waals surface area (Å²) in [6, 6.07) is 8.12. The molecule has 2 atom stereocenters. The van der Waals surface area contributed by atoms with E-state index in [1.807, 2.05) is 32.0 Å². The monoisotopic (exact) mass is 444 g/mol. The second kappa shape index (κ2) is 11.7. The van der Waals surface area contributed by atoms with E-state index in [9.17, 15) is 14.4 Å². The van der Waals surface area contributed by atoms with Crippen molar-refractivity contribution in [2.45, 2.75) is 52.1 Å². The normalized spacial score (nSPS) is 17.0. The summed E-state index contributed by atoms with van der Waals surface area (Å²) < 4.78 is 10.9. The van der Waals surface area contributed by atoms with Crippen LogP contribution >= 0.6 is 0 Å². The summed E-state index contributed by atoms with van der Waals surface area (Å²) in [7, 11) is 0. The van der Waals surface area contributed by atoms with Gasteiger partial charge in [-0.1, -0.05) is 6.07 Å². The van der Waals surface area contributed by atoms with Crippen molar-refractivity contribution < 1.29 is 28.6 Å². The minimum Gasteiger partial charge on any atom is -0.484 e. The number of ether oxygens (including phenoxy) is 1. The van der Waals surface area contributed by atoms with Crippen molar-refractivity contribution in [1.82, 2.24) is 10.6 Å². The van der Waals surface area contributed by atoms with Gasteiger partial charge in [0.2, 0.25) is 0 Å². The van der Waals surface area contributed by atoms with Gasteiger partial charge in [-0.3, -0.25) is 19.2 Å². The molecule has 1 fully saturated rings. The SMILES string of the molecule is Cc1cc(=O)cc(C(=O)N[C@H]2CC[C@@H](NC(=O)COc3ccc(C)c(C)c3)C2)o1.O=CO. The maximum Gasteiger partial charge on any atom is 0.290 e. The Bertz CT molecular complexity index is 1020. The molecule has 1 aromatic carbocycles. The lowest BCUT2D eigenvalue weighted by molar-refractivity contribution is -0.124. The fraction of sp³-hybridized carbons (Fsp3) is 0.391. The van der Waals surface area contributed by atoms with Gasteiger partial charge in [0.05, 0.1) is 0 Å². The molecule has 1 aliphatic rings. The van der Waals surface area contributed by atoms with Crippen molar-refractivity contribution >= 4 is 18.3 Å². The third-order valence-corrected chi connectivity index (χ3v) is 5.09. The molecule has 0 spiro atoms. The van der Waals surface area contributed by atoms with Gasteiger partial charge in [0, 0.05) is 24.2 Å². The first-order valence-electron chi connectivity index (χ1n) is 10.2. The van der Waals surface area contributed by atoms with Gasteiger partial charge < -0.3 is 24.9 Å². The molecule has 32 heavy (non-hydrogen) atoms. The zero-order valence-electron chi connectivity index (χ0n) is 18.3. The van der Waals surface area contributed by atoms with E-state index in [1.165, 1.54) is 17.7 Å². The zero-order valence-corrected chi connectivity index (χ0v) is 18.3. The average Bonchev–Trinajstić information content (AvgIpc) is 3.15. The smallest absolute Gasteiger partial charge is 0.290 e. The van der Waals surface area contributed by atoms with Gasteiger partial charge >= 0.3 is 0 Å². The van der Waals surface area contributed by atoms with Crippen LogP contribution in [0.25, 0.3) is 0 Å². The first-order valence-corrected chi connectivity index (χ1v) is 10.2. The van der Waals surface area contributed by atoms with Crippen molar-refractivity contribution in [3.63, 3.8) is 0 Å². The molecule has 1 heterocycles. The highest BCUT2D eigenvalue weighted by molar-refractivity contribution is 5.91. The van der Waals surface area contributed by atoms with Crippen LogP contribution < -0.4 is 20.8 Å². The fourth-order valence-corrected chi connectivity index (χ4v) is 3.44. The molecule has 9 nitrogen and oxygen atoms in total. The average molecular weight is 444 g/mol. The predicted octanol–water partition coefficient (Wildman–Crippen LogP) is 2.11. The third kappa shape index (κ3) is 7.57. The van der Waals surface area contributed by atoms with Gasteiger partial charge in [0.25, 0.3) is 18.3 Å². The number of amides is 2. The highest BCUT2D eigenvalue weighted by Crippen LogP contribution is 2.20. The minimum absolute atomic E-state index is 0.00396. The number of carbonyl (C=O) groups excluding carboxylic acids is 2. The van der Waals surface area contributed by atoms with E-state index in [4.69, 9.17) is 19.1 Å². The summed E-state index contributed by atoms with van der Waals surface area (Å²) in [6.45, 7) is 5.34. The molecule has 2 amide bonds. The zero-order chi connectivity index (χ0) is 23.7. The first-order chi connectivity index (χ1) is 15.2. The Hall–Kier alpha value is -3.62. The van der Waals surface area contributed by atoms with E-state index in [-0.39, 0.29) is 42.3 Å². The molecule has 3 rings (SSSR count). The lowest BCUT2D eigenvalue weighted by atomic mass is 10.1. The van der Waals surface area contributed by atoms with Crippen LogP contribution in [0.2, 0.25) is 0 Å². The highest BCUT2D eigenvalue weighted by atomic mass is 16.5. The van der Waals surface area contributed by atoms with Crippen LogP contribution in [-0.2, 0) is 9.59 Å². The fourth-order valence-electron chi connectivity index (χ4n) is 3.44. The minimum atomic E-state index is -0.416. The van der Waals surface area contributed by atoms with Crippen LogP contribution in [0.4, 0.5) is 0 Å². The maximum atomic E-state index is 12.3. The van der Waals surface area contributed by atoms with Gasteiger partial charge in [-0.05, 0) is 63.3 Å². The van der Waals surface area contributed by atoms with E-state index < -0.39 is 5.91 Å². The van der Waals surface area contributed by atoms with Crippen LogP contribution in [0.1, 0.15) is 46.7 Å². The Morgan fingerprint density at radius 3 is 2.38 bits per heavy atom. The molecule has 1 aliphatic carbocycles. The lowest BCUT2D eigenvalue weighted by Crippen LogP contribution is -2.39. The summed E-state index contributed by atoms with van der Waals surface area (Å²) in [4.78, 5) is 44.4. The molecule has 0 aliphatic heterocycles.